The molecule has 0 saturated carbocycles. The molecule has 0 aliphatic heterocycles. The molecule has 0 saturated heterocycles. The first-order chi connectivity index (χ1) is 22.9. The minimum atomic E-state index is -1.56. The number of rotatable bonds is 10. The zero-order valence-corrected chi connectivity index (χ0v) is 26.2. The van der Waals surface area contributed by atoms with Gasteiger partial charge in [-0.05, 0) is 47.2 Å². The van der Waals surface area contributed by atoms with Gasteiger partial charge in [0.2, 0.25) is 11.6 Å². The van der Waals surface area contributed by atoms with Gasteiger partial charge in [0.1, 0.15) is 11.5 Å². The van der Waals surface area contributed by atoms with E-state index in [1.165, 1.54) is 26.4 Å². The highest BCUT2D eigenvalue weighted by Crippen LogP contribution is 2.40. The quantitative estimate of drug-likeness (QED) is 0.143. The molecule has 1 aliphatic carbocycles. The van der Waals surface area contributed by atoms with Gasteiger partial charge in [-0.3, -0.25) is 28.8 Å². The highest BCUT2D eigenvalue weighted by molar-refractivity contribution is 6.24. The van der Waals surface area contributed by atoms with Crippen LogP contribution in [0.25, 0.3) is 21.8 Å². The fourth-order valence-corrected chi connectivity index (χ4v) is 5.76. The van der Waals surface area contributed by atoms with E-state index in [-0.39, 0.29) is 11.1 Å². The molecule has 2 aromatic heterocycles. The molecule has 0 fully saturated rings. The molecule has 0 radical (unpaired) electrons. The van der Waals surface area contributed by atoms with E-state index in [2.05, 4.69) is 9.97 Å². The normalized spacial score (nSPS) is 14.7. The Morgan fingerprint density at radius 3 is 1.33 bits per heavy atom. The lowest BCUT2D eigenvalue weighted by molar-refractivity contribution is -0.142. The number of nitrogens with one attached hydrogen (secondary N) is 2. The molecule has 0 spiro atoms. The first-order valence-electron chi connectivity index (χ1n) is 14.4. The molecule has 4 aromatic rings. The summed E-state index contributed by atoms with van der Waals surface area (Å²) in [6.07, 6.45) is -1.36. The van der Waals surface area contributed by atoms with Gasteiger partial charge in [-0.2, -0.15) is 0 Å². The van der Waals surface area contributed by atoms with E-state index in [0.717, 1.165) is 14.2 Å². The second-order valence-corrected chi connectivity index (χ2v) is 10.9. The van der Waals surface area contributed by atoms with E-state index < -0.39 is 82.0 Å². The lowest BCUT2D eigenvalue weighted by Crippen LogP contribution is -2.34. The maximum Gasteiger partial charge on any atom is 0.306 e. The minimum Gasteiger partial charge on any atom is -0.504 e. The Balaban J connectivity index is 1.67. The van der Waals surface area contributed by atoms with Gasteiger partial charge in [-0.1, -0.05) is 0 Å². The number of hydrogen-bond donors (Lipinski definition) is 4. The van der Waals surface area contributed by atoms with Gasteiger partial charge in [0.05, 0.1) is 63.5 Å². The molecule has 5 rings (SSSR count). The Labute approximate surface area is 271 Å². The number of allylic oxidation sites excluding steroid dienone is 2. The maximum atomic E-state index is 13.9. The number of hydrogen-bond acceptors (Lipinski definition) is 12. The summed E-state index contributed by atoms with van der Waals surface area (Å²) in [4.78, 5) is 84.9. The van der Waals surface area contributed by atoms with Crippen LogP contribution in [0.4, 0.5) is 0 Å². The lowest BCUT2D eigenvalue weighted by atomic mass is 9.76. The number of esters is 2. The Kier molecular flexibility index (Phi) is 9.18. The summed E-state index contributed by atoms with van der Waals surface area (Å²) in [7, 11) is 5.03. The van der Waals surface area contributed by atoms with Crippen LogP contribution in [-0.4, -0.2) is 72.1 Å². The van der Waals surface area contributed by atoms with Crippen molar-refractivity contribution in [2.24, 2.45) is 0 Å². The molecule has 48 heavy (non-hydrogen) atoms. The standard InChI is InChI=1S/C34H30N2O12/c1-45-17-7-5-15-9-21(33(43)35-23(15)11-17)19(13-25(37)47-3)27-29(39)31(41)28(32(42)30(27)40)20(14-26(38)48-4)22-10-16-6-8-18(46-2)12-24(16)36-34(22)44/h5-12,19-20,39,42H,13-14H2,1-4H3,(H,35,43)(H,36,44)/t19-,20+. The van der Waals surface area contributed by atoms with Crippen LogP contribution in [0.5, 0.6) is 11.5 Å². The number of ether oxygens (including phenoxy) is 4. The summed E-state index contributed by atoms with van der Waals surface area (Å²) in [5.41, 5.74) is -2.68. The van der Waals surface area contributed by atoms with Crippen molar-refractivity contribution < 1.29 is 48.3 Å². The number of aromatic amines is 2. The summed E-state index contributed by atoms with van der Waals surface area (Å²) in [5, 5.41) is 23.6. The van der Waals surface area contributed by atoms with E-state index in [0.29, 0.717) is 33.3 Å². The first-order valence-corrected chi connectivity index (χ1v) is 14.4. The largest absolute Gasteiger partial charge is 0.504 e. The number of ketones is 2. The smallest absolute Gasteiger partial charge is 0.306 e. The van der Waals surface area contributed by atoms with Crippen LogP contribution in [0.15, 0.2) is 80.8 Å². The van der Waals surface area contributed by atoms with Crippen molar-refractivity contribution in [3.05, 3.63) is 103 Å². The molecule has 4 N–H and O–H groups in total. The Hall–Kier alpha value is -6.18. The van der Waals surface area contributed by atoms with Gasteiger partial charge in [-0.15, -0.1) is 0 Å². The van der Waals surface area contributed by atoms with Gasteiger partial charge in [0.15, 0.2) is 11.5 Å². The van der Waals surface area contributed by atoms with Crippen LogP contribution in [-0.2, 0) is 28.7 Å². The van der Waals surface area contributed by atoms with Crippen LogP contribution in [0.2, 0.25) is 0 Å². The summed E-state index contributed by atoms with van der Waals surface area (Å²) < 4.78 is 19.9. The predicted octanol–water partition coefficient (Wildman–Crippen LogP) is 3.16. The number of pyridine rings is 2. The Bertz CT molecular complexity index is 2030. The minimum absolute atomic E-state index is 0.190. The van der Waals surface area contributed by atoms with E-state index >= 15 is 0 Å². The second-order valence-electron chi connectivity index (χ2n) is 10.9. The summed E-state index contributed by atoms with van der Waals surface area (Å²) >= 11 is 0. The summed E-state index contributed by atoms with van der Waals surface area (Å²) in [6, 6.07) is 12.3. The SMILES string of the molecule is COC(=O)C[C@H](C1=C(O)C(=O)C([C@H](CC(=O)OC)c2cc3ccc(OC)cc3[nH]c2=O)=C(O)C1=O)c1cc2ccc(OC)cc2[nH]c1=O. The molecular weight excluding hydrogens is 628 g/mol. The molecule has 1 aliphatic rings. The number of Topliss-reactive ketones (excluding diaryl/α,β-unsaturated/α-hetero) is 2. The molecule has 0 bridgehead atoms. The number of aromatic nitrogens is 2. The maximum absolute atomic E-state index is 13.9. The number of carbonyl (C=O) groups is 4. The van der Waals surface area contributed by atoms with Gasteiger partial charge in [0, 0.05) is 35.1 Å². The van der Waals surface area contributed by atoms with Crippen LogP contribution in [0, 0.1) is 0 Å². The Morgan fingerprint density at radius 1 is 0.625 bits per heavy atom. The third-order valence-corrected chi connectivity index (χ3v) is 8.24. The molecule has 2 heterocycles. The molecule has 0 amide bonds. The van der Waals surface area contributed by atoms with Crippen molar-refractivity contribution in [3.63, 3.8) is 0 Å². The van der Waals surface area contributed by atoms with Crippen molar-refractivity contribution in [3.8, 4) is 11.5 Å². The monoisotopic (exact) mass is 658 g/mol. The topological polar surface area (TPSA) is 211 Å². The van der Waals surface area contributed by atoms with Crippen LogP contribution < -0.4 is 20.6 Å². The van der Waals surface area contributed by atoms with Gasteiger partial charge in [-0.25, -0.2) is 0 Å². The third-order valence-electron chi connectivity index (χ3n) is 8.24. The number of H-pyrrole nitrogens is 2. The van der Waals surface area contributed by atoms with Crippen molar-refractivity contribution in [2.45, 2.75) is 24.7 Å². The fourth-order valence-electron chi connectivity index (χ4n) is 5.76. The van der Waals surface area contributed by atoms with Crippen molar-refractivity contribution >= 4 is 45.3 Å². The van der Waals surface area contributed by atoms with Gasteiger partial charge >= 0.3 is 11.9 Å². The molecule has 2 aromatic carbocycles. The zero-order valence-electron chi connectivity index (χ0n) is 26.2. The number of aliphatic hydroxyl groups is 2. The van der Waals surface area contributed by atoms with Crippen molar-refractivity contribution in [2.75, 3.05) is 28.4 Å². The number of methoxy groups -OCH3 is 4. The lowest BCUT2D eigenvalue weighted by Gasteiger charge is -2.27. The van der Waals surface area contributed by atoms with Gasteiger partial charge < -0.3 is 39.1 Å². The fraction of sp³-hybridized carbons (Fsp3) is 0.235. The number of carbonyl (C=O) groups excluding carboxylic acids is 4. The van der Waals surface area contributed by atoms with E-state index in [1.807, 2.05) is 0 Å². The van der Waals surface area contributed by atoms with Crippen LogP contribution in [0.1, 0.15) is 35.8 Å². The number of benzene rings is 2. The van der Waals surface area contributed by atoms with E-state index in [1.54, 1.807) is 36.4 Å². The highest BCUT2D eigenvalue weighted by Gasteiger charge is 2.44. The average molecular weight is 659 g/mol. The molecule has 2 atom stereocenters. The summed E-state index contributed by atoms with van der Waals surface area (Å²) in [5.74, 6) is -9.01. The second kappa shape index (κ2) is 13.3. The number of aliphatic hydroxyl groups excluding tert-OH is 2. The molecule has 14 nitrogen and oxygen atoms in total. The summed E-state index contributed by atoms with van der Waals surface area (Å²) in [6.45, 7) is 0. The first kappa shape index (κ1) is 33.2. The molecule has 14 heteroatoms. The molecule has 0 unspecified atom stereocenters. The highest BCUT2D eigenvalue weighted by atomic mass is 16.5. The van der Waals surface area contributed by atoms with E-state index in [4.69, 9.17) is 18.9 Å². The molecular formula is C34H30N2O12. The van der Waals surface area contributed by atoms with Gasteiger partial charge in [0.25, 0.3) is 11.1 Å². The van der Waals surface area contributed by atoms with Crippen molar-refractivity contribution in [1.82, 2.24) is 9.97 Å². The molecule has 248 valence electrons. The Morgan fingerprint density at radius 2 is 1.00 bits per heavy atom. The van der Waals surface area contributed by atoms with Crippen molar-refractivity contribution in [1.29, 1.82) is 0 Å². The average Bonchev–Trinajstić information content (AvgIpc) is 3.08. The third kappa shape index (κ3) is 6.02. The van der Waals surface area contributed by atoms with Crippen LogP contribution >= 0.6 is 0 Å². The zero-order chi connectivity index (χ0) is 34.9. The number of fused-ring (bicyclic) bond motifs is 2. The van der Waals surface area contributed by atoms with Crippen LogP contribution in [0.3, 0.4) is 0 Å². The van der Waals surface area contributed by atoms with E-state index in [9.17, 15) is 39.0 Å². The predicted molar refractivity (Wildman–Crippen MR) is 170 cm³/mol.